The molecule has 0 nitrogen and oxygen atoms in total. The van der Waals surface area contributed by atoms with Crippen molar-refractivity contribution in [3.8, 4) is 0 Å². The summed E-state index contributed by atoms with van der Waals surface area (Å²) in [4.78, 5) is 1.46. The molecule has 4 rings (SSSR count). The molecule has 13 heavy (non-hydrogen) atoms. The molecule has 1 heteroatoms. The highest BCUT2D eigenvalue weighted by Crippen LogP contribution is 2.66. The van der Waals surface area contributed by atoms with E-state index >= 15 is 0 Å². The van der Waals surface area contributed by atoms with Gasteiger partial charge >= 0.3 is 0 Å². The van der Waals surface area contributed by atoms with E-state index in [2.05, 4.69) is 43.0 Å². The van der Waals surface area contributed by atoms with Crippen LogP contribution in [0.3, 0.4) is 0 Å². The van der Waals surface area contributed by atoms with Gasteiger partial charge in [-0.05, 0) is 44.2 Å². The molecule has 0 aromatic heterocycles. The molecule has 0 spiro atoms. The number of thioether (sulfide) groups is 1. The molecule has 0 atom stereocenters. The number of aryl methyl sites for hydroxylation is 1. The van der Waals surface area contributed by atoms with Crippen LogP contribution in [0.15, 0.2) is 29.2 Å². The molecule has 3 aliphatic carbocycles. The molecule has 0 unspecified atom stereocenters. The summed E-state index contributed by atoms with van der Waals surface area (Å²) in [6.45, 7) is 2.15. The molecule has 1 aromatic rings. The summed E-state index contributed by atoms with van der Waals surface area (Å²) in [5, 5.41) is 0. The van der Waals surface area contributed by atoms with E-state index in [1.54, 1.807) is 0 Å². The fraction of sp³-hybridized carbons (Fsp3) is 0.500. The first kappa shape index (κ1) is 7.93. The summed E-state index contributed by atoms with van der Waals surface area (Å²) < 4.78 is 0.680. The van der Waals surface area contributed by atoms with Gasteiger partial charge in [0, 0.05) is 9.64 Å². The summed E-state index contributed by atoms with van der Waals surface area (Å²) in [5.74, 6) is 1.10. The zero-order valence-electron chi connectivity index (χ0n) is 7.92. The van der Waals surface area contributed by atoms with Crippen molar-refractivity contribution in [3.05, 3.63) is 29.8 Å². The first-order chi connectivity index (χ1) is 6.26. The highest BCUT2D eigenvalue weighted by molar-refractivity contribution is 8.00. The molecule has 0 N–H and O–H groups in total. The first-order valence-electron chi connectivity index (χ1n) is 5.02. The predicted octanol–water partition coefficient (Wildman–Crippen LogP) is 3.64. The zero-order valence-corrected chi connectivity index (χ0v) is 8.73. The van der Waals surface area contributed by atoms with E-state index in [0.717, 1.165) is 5.92 Å². The minimum absolute atomic E-state index is 0.680. The van der Waals surface area contributed by atoms with E-state index in [1.165, 1.54) is 29.7 Å². The molecule has 2 bridgehead atoms. The van der Waals surface area contributed by atoms with Crippen molar-refractivity contribution >= 4 is 11.8 Å². The lowest BCUT2D eigenvalue weighted by atomic mass is 9.55. The quantitative estimate of drug-likeness (QED) is 0.686. The van der Waals surface area contributed by atoms with Crippen molar-refractivity contribution in [2.45, 2.75) is 35.8 Å². The Morgan fingerprint density at radius 3 is 2.23 bits per heavy atom. The average Bonchev–Trinajstić information content (AvgIpc) is 1.98. The fourth-order valence-electron chi connectivity index (χ4n) is 2.38. The molecule has 0 saturated heterocycles. The van der Waals surface area contributed by atoms with Gasteiger partial charge in [-0.1, -0.05) is 17.7 Å². The van der Waals surface area contributed by atoms with E-state index < -0.39 is 0 Å². The monoisotopic (exact) mass is 190 g/mol. The largest absolute Gasteiger partial charge is 0.119 e. The van der Waals surface area contributed by atoms with Crippen LogP contribution in [0.1, 0.15) is 24.8 Å². The summed E-state index contributed by atoms with van der Waals surface area (Å²) in [6, 6.07) is 8.96. The van der Waals surface area contributed by atoms with Crippen LogP contribution in [0.25, 0.3) is 0 Å². The molecule has 3 saturated carbocycles. The van der Waals surface area contributed by atoms with Gasteiger partial charge in [0.05, 0.1) is 0 Å². The van der Waals surface area contributed by atoms with E-state index in [-0.39, 0.29) is 0 Å². The van der Waals surface area contributed by atoms with E-state index in [0.29, 0.717) is 4.75 Å². The summed E-state index contributed by atoms with van der Waals surface area (Å²) in [5.41, 5.74) is 1.36. The SMILES string of the molecule is Cc1ccc(SC23CC(C2)C3)cc1. The average molecular weight is 190 g/mol. The summed E-state index contributed by atoms with van der Waals surface area (Å²) in [6.07, 6.45) is 4.43. The Hall–Kier alpha value is -0.430. The van der Waals surface area contributed by atoms with Crippen LogP contribution >= 0.6 is 11.8 Å². The number of hydrogen-bond acceptors (Lipinski definition) is 1. The van der Waals surface area contributed by atoms with Crippen LogP contribution in [-0.4, -0.2) is 4.75 Å². The maximum atomic E-state index is 2.26. The fourth-order valence-corrected chi connectivity index (χ4v) is 4.11. The first-order valence-corrected chi connectivity index (χ1v) is 5.83. The van der Waals surface area contributed by atoms with E-state index in [4.69, 9.17) is 0 Å². The van der Waals surface area contributed by atoms with Crippen molar-refractivity contribution in [3.63, 3.8) is 0 Å². The molecule has 1 aromatic carbocycles. The Balaban J connectivity index is 1.75. The van der Waals surface area contributed by atoms with Gasteiger partial charge < -0.3 is 0 Å². The van der Waals surface area contributed by atoms with Gasteiger partial charge in [-0.2, -0.15) is 0 Å². The van der Waals surface area contributed by atoms with Crippen LogP contribution in [0.2, 0.25) is 0 Å². The minimum Gasteiger partial charge on any atom is -0.119 e. The second-order valence-electron chi connectivity index (χ2n) is 4.58. The van der Waals surface area contributed by atoms with Crippen LogP contribution in [0.4, 0.5) is 0 Å². The summed E-state index contributed by atoms with van der Waals surface area (Å²) in [7, 11) is 0. The predicted molar refractivity (Wildman–Crippen MR) is 57.1 cm³/mol. The lowest BCUT2D eigenvalue weighted by Gasteiger charge is -2.61. The van der Waals surface area contributed by atoms with Crippen molar-refractivity contribution in [1.29, 1.82) is 0 Å². The Labute approximate surface area is 83.7 Å². The molecule has 0 heterocycles. The highest BCUT2D eigenvalue weighted by Gasteiger charge is 2.56. The van der Waals surface area contributed by atoms with Crippen LogP contribution in [0.5, 0.6) is 0 Å². The maximum absolute atomic E-state index is 2.26. The van der Waals surface area contributed by atoms with Gasteiger partial charge in [-0.3, -0.25) is 0 Å². The molecule has 0 amide bonds. The van der Waals surface area contributed by atoms with Gasteiger partial charge in [0.2, 0.25) is 0 Å². The molecule has 68 valence electrons. The Morgan fingerprint density at radius 2 is 1.77 bits per heavy atom. The standard InChI is InChI=1S/C12H14S/c1-9-2-4-11(5-3-9)13-12-6-10(7-12)8-12/h2-5,10H,6-8H2,1H3. The molecular formula is C12H14S. The molecular weight excluding hydrogens is 176 g/mol. The lowest BCUT2D eigenvalue weighted by Crippen LogP contribution is -2.55. The third-order valence-corrected chi connectivity index (χ3v) is 4.78. The van der Waals surface area contributed by atoms with Crippen molar-refractivity contribution in [2.75, 3.05) is 0 Å². The highest BCUT2D eigenvalue weighted by atomic mass is 32.2. The Kier molecular flexibility index (Phi) is 1.55. The summed E-state index contributed by atoms with van der Waals surface area (Å²) >= 11 is 2.11. The van der Waals surface area contributed by atoms with E-state index in [1.807, 2.05) is 0 Å². The topological polar surface area (TPSA) is 0 Å². The Morgan fingerprint density at radius 1 is 1.15 bits per heavy atom. The van der Waals surface area contributed by atoms with Crippen molar-refractivity contribution < 1.29 is 0 Å². The lowest BCUT2D eigenvalue weighted by molar-refractivity contribution is 0.0580. The molecule has 0 aliphatic heterocycles. The van der Waals surface area contributed by atoms with Gasteiger partial charge in [-0.15, -0.1) is 11.8 Å². The van der Waals surface area contributed by atoms with Gasteiger partial charge in [0.15, 0.2) is 0 Å². The third-order valence-electron chi connectivity index (χ3n) is 3.34. The third kappa shape index (κ3) is 1.21. The van der Waals surface area contributed by atoms with Crippen molar-refractivity contribution in [2.24, 2.45) is 5.92 Å². The smallest absolute Gasteiger partial charge is 0.0215 e. The molecule has 3 aliphatic rings. The van der Waals surface area contributed by atoms with Gasteiger partial charge in [-0.25, -0.2) is 0 Å². The molecule has 0 radical (unpaired) electrons. The van der Waals surface area contributed by atoms with Crippen LogP contribution in [0, 0.1) is 12.8 Å². The maximum Gasteiger partial charge on any atom is 0.0215 e. The number of benzene rings is 1. The number of hydrogen-bond donors (Lipinski definition) is 0. The normalized spacial score (nSPS) is 35.0. The second kappa shape index (κ2) is 2.54. The van der Waals surface area contributed by atoms with Gasteiger partial charge in [0.1, 0.15) is 0 Å². The van der Waals surface area contributed by atoms with E-state index in [9.17, 15) is 0 Å². The van der Waals surface area contributed by atoms with Gasteiger partial charge in [0.25, 0.3) is 0 Å². The minimum atomic E-state index is 0.680. The van der Waals surface area contributed by atoms with Crippen molar-refractivity contribution in [1.82, 2.24) is 0 Å². The molecule has 3 fully saturated rings. The second-order valence-corrected chi connectivity index (χ2v) is 6.12. The number of rotatable bonds is 2. The van der Waals surface area contributed by atoms with Crippen LogP contribution < -0.4 is 0 Å². The Bertz CT molecular complexity index is 308. The zero-order chi connectivity index (χ0) is 8.89. The van der Waals surface area contributed by atoms with Crippen LogP contribution in [-0.2, 0) is 0 Å².